The zero-order valence-corrected chi connectivity index (χ0v) is 46.0. The smallest absolute Gasteiger partial charge is 0.432 e. The van der Waals surface area contributed by atoms with Crippen molar-refractivity contribution in [3.63, 3.8) is 0 Å². The van der Waals surface area contributed by atoms with Crippen LogP contribution in [0.4, 0.5) is 39.5 Å². The van der Waals surface area contributed by atoms with Crippen LogP contribution in [0.1, 0.15) is 126 Å². The number of esters is 3. The van der Waals surface area contributed by atoms with Gasteiger partial charge in [0.15, 0.2) is 18.8 Å². The Hall–Kier alpha value is -7.40. The number of benzene rings is 3. The summed E-state index contributed by atoms with van der Waals surface area (Å²) in [6.07, 6.45) is 8.14. The largest absolute Gasteiger partial charge is 0.450 e. The topological polar surface area (TPSA) is 107 Å². The van der Waals surface area contributed by atoms with Gasteiger partial charge < -0.3 is 28.4 Å². The van der Waals surface area contributed by atoms with Gasteiger partial charge in [-0.2, -0.15) is 39.5 Å². The molecule has 0 radical (unpaired) electrons. The van der Waals surface area contributed by atoms with E-state index in [0.29, 0.717) is 25.7 Å². The van der Waals surface area contributed by atoms with E-state index in [0.717, 1.165) is 135 Å². The second-order valence-corrected chi connectivity index (χ2v) is 18.4. The van der Waals surface area contributed by atoms with Crippen LogP contribution in [0.5, 0.6) is 0 Å². The standard InChI is InChI=1S/C64H67F9O9/c1-5-54(81-57(75)60(78-3,63(68,69)70)52-43-33-29-34-44-52)47-37-24-21-19-17-15-13-11-9-7-6-8-10-12-14-16-18-20-22-25-38-48-55(82-58(76)61(79-4,64(71,72)73)53-45-35-30-36-46-53)49-39-26-23-27-40-50-80-56(74)59(77-2,62(65,66)67)51-41-31-28-32-42-51/h1,6,8,28-37,41-47,54-55H,7,9,11,13-22,24-25,38,48,50H2,2-4H3/b8-6-,47-37+/t54-,55-,59+,60-,61+/m0/s1. The molecule has 9 nitrogen and oxygen atoms in total. The Bertz CT molecular complexity index is 2800. The van der Waals surface area contributed by atoms with Gasteiger partial charge in [-0.1, -0.05) is 179 Å². The van der Waals surface area contributed by atoms with Gasteiger partial charge in [0.05, 0.1) is 0 Å². The highest BCUT2D eigenvalue weighted by molar-refractivity contribution is 5.84. The number of allylic oxidation sites excluding steroid dienone is 3. The lowest BCUT2D eigenvalue weighted by Gasteiger charge is -2.33. The number of unbranched alkanes of at least 4 members (excludes halogenated alkanes) is 14. The molecule has 0 saturated carbocycles. The molecule has 5 atom stereocenters. The van der Waals surface area contributed by atoms with Crippen LogP contribution >= 0.6 is 0 Å². The van der Waals surface area contributed by atoms with Crippen LogP contribution in [-0.2, 0) is 59.6 Å². The molecule has 0 aromatic heterocycles. The lowest BCUT2D eigenvalue weighted by atomic mass is 9.92. The average Bonchev–Trinajstić information content (AvgIpc) is 3.27. The normalized spacial score (nSPS) is 14.5. The molecular weight excluding hydrogens is 1080 g/mol. The zero-order chi connectivity index (χ0) is 60.4. The zero-order valence-electron chi connectivity index (χ0n) is 46.0. The number of ether oxygens (including phenoxy) is 6. The molecule has 0 aliphatic rings. The summed E-state index contributed by atoms with van der Waals surface area (Å²) >= 11 is 0. The summed E-state index contributed by atoms with van der Waals surface area (Å²) in [6, 6.07) is 19.0. The molecule has 82 heavy (non-hydrogen) atoms. The second-order valence-electron chi connectivity index (χ2n) is 18.4. The van der Waals surface area contributed by atoms with Crippen molar-refractivity contribution in [2.75, 3.05) is 27.9 Å². The molecule has 0 aliphatic carbocycles. The second kappa shape index (κ2) is 35.5. The Morgan fingerprint density at radius 2 is 0.915 bits per heavy atom. The molecule has 3 aromatic rings. The number of hydrogen-bond donors (Lipinski definition) is 0. The van der Waals surface area contributed by atoms with Gasteiger partial charge in [-0.15, -0.1) is 6.42 Å². The van der Waals surface area contributed by atoms with Gasteiger partial charge in [-0.05, 0) is 92.6 Å². The maximum atomic E-state index is 14.6. The van der Waals surface area contributed by atoms with Crippen LogP contribution in [0.2, 0.25) is 0 Å². The molecule has 0 fully saturated rings. The lowest BCUT2D eigenvalue weighted by Crippen LogP contribution is -2.52. The first-order valence-corrected chi connectivity index (χ1v) is 26.6. The third-order valence-electron chi connectivity index (χ3n) is 12.8. The summed E-state index contributed by atoms with van der Waals surface area (Å²) in [5.41, 5.74) is -11.6. The molecule has 0 aliphatic heterocycles. The molecule has 0 bridgehead atoms. The molecule has 3 rings (SSSR count). The van der Waals surface area contributed by atoms with Gasteiger partial charge in [0.2, 0.25) is 0 Å². The first-order valence-electron chi connectivity index (χ1n) is 26.6. The quantitative estimate of drug-likeness (QED) is 0.0155. The Balaban J connectivity index is 1.38. The summed E-state index contributed by atoms with van der Waals surface area (Å²) in [6.45, 7) is -0.796. The van der Waals surface area contributed by atoms with Crippen molar-refractivity contribution in [2.24, 2.45) is 0 Å². The molecule has 0 saturated heterocycles. The van der Waals surface area contributed by atoms with Gasteiger partial charge in [-0.3, -0.25) is 0 Å². The van der Waals surface area contributed by atoms with Crippen LogP contribution in [0.3, 0.4) is 0 Å². The van der Waals surface area contributed by atoms with Crippen LogP contribution in [0.15, 0.2) is 115 Å². The van der Waals surface area contributed by atoms with E-state index in [1.54, 1.807) is 6.08 Å². The predicted octanol–water partition coefficient (Wildman–Crippen LogP) is 14.1. The number of carbonyl (C=O) groups is 3. The van der Waals surface area contributed by atoms with E-state index < -0.39 is 88.7 Å². The van der Waals surface area contributed by atoms with Crippen molar-refractivity contribution >= 4 is 17.9 Å². The van der Waals surface area contributed by atoms with E-state index in [2.05, 4.69) is 58.0 Å². The molecule has 0 heterocycles. The molecule has 3 aromatic carbocycles. The maximum absolute atomic E-state index is 14.6. The predicted molar refractivity (Wildman–Crippen MR) is 291 cm³/mol. The van der Waals surface area contributed by atoms with Gasteiger partial charge in [0, 0.05) is 44.4 Å². The lowest BCUT2D eigenvalue weighted by molar-refractivity contribution is -0.278. The number of terminal acetylenes is 1. The SMILES string of the molecule is C#C[C@@H](/C=C/CCCCCCCCC/C=C\C#CCCCCCCCC[C@@H](C#CC#CC#CCOC(=O)[C@](OC)(c1ccccc1)C(F)(F)F)OC(=O)[C@](OC)(c1ccccc1)C(F)(F)F)OC(=O)[C@@](OC)(c1ccccc1)C(F)(F)F. The molecule has 0 N–H and O–H groups in total. The molecule has 0 spiro atoms. The third-order valence-corrected chi connectivity index (χ3v) is 12.8. The maximum Gasteiger partial charge on any atom is 0.432 e. The Morgan fingerprint density at radius 1 is 0.500 bits per heavy atom. The Labute approximate surface area is 475 Å². The Kier molecular flexibility index (Phi) is 29.8. The summed E-state index contributed by atoms with van der Waals surface area (Å²) in [5, 5.41) is 0. The van der Waals surface area contributed by atoms with Crippen molar-refractivity contribution < 1.29 is 82.3 Å². The first-order chi connectivity index (χ1) is 39.2. The van der Waals surface area contributed by atoms with E-state index in [1.165, 1.54) is 60.7 Å². The molecule has 18 heteroatoms. The van der Waals surface area contributed by atoms with Crippen molar-refractivity contribution in [3.05, 3.63) is 132 Å². The third kappa shape index (κ3) is 20.2. The van der Waals surface area contributed by atoms with Crippen molar-refractivity contribution in [2.45, 2.75) is 157 Å². The van der Waals surface area contributed by atoms with Crippen molar-refractivity contribution in [1.29, 1.82) is 0 Å². The fourth-order valence-corrected chi connectivity index (χ4v) is 8.48. The van der Waals surface area contributed by atoms with Crippen LogP contribution in [0, 0.1) is 59.7 Å². The summed E-state index contributed by atoms with van der Waals surface area (Å²) in [7, 11) is 2.26. The number of hydrogen-bond acceptors (Lipinski definition) is 9. The fraction of sp³-hybridized carbons (Fsp3) is 0.453. The molecule has 440 valence electrons. The summed E-state index contributed by atoms with van der Waals surface area (Å²) < 4.78 is 158. The number of alkyl halides is 9. The number of halogens is 9. The van der Waals surface area contributed by atoms with Gasteiger partial charge in [0.25, 0.3) is 16.8 Å². The van der Waals surface area contributed by atoms with E-state index in [9.17, 15) is 53.9 Å². The minimum atomic E-state index is -5.22. The average molecular weight is 1150 g/mol. The Morgan fingerprint density at radius 3 is 1.38 bits per heavy atom. The molecular formula is C64H67F9O9. The van der Waals surface area contributed by atoms with Crippen molar-refractivity contribution in [1.82, 2.24) is 0 Å². The van der Waals surface area contributed by atoms with E-state index in [4.69, 9.17) is 30.1 Å². The van der Waals surface area contributed by atoms with E-state index in [-0.39, 0.29) is 6.42 Å². The number of rotatable bonds is 31. The summed E-state index contributed by atoms with van der Waals surface area (Å²) in [4.78, 5) is 39.0. The highest BCUT2D eigenvalue weighted by Crippen LogP contribution is 2.45. The first kappa shape index (κ1) is 68.9. The number of methoxy groups -OCH3 is 3. The minimum absolute atomic E-state index is 0.0586. The fourth-order valence-electron chi connectivity index (χ4n) is 8.48. The van der Waals surface area contributed by atoms with E-state index >= 15 is 0 Å². The van der Waals surface area contributed by atoms with Crippen molar-refractivity contribution in [3.8, 4) is 59.7 Å². The highest BCUT2D eigenvalue weighted by Gasteiger charge is 2.66. The highest BCUT2D eigenvalue weighted by atomic mass is 19.4. The number of carbonyl (C=O) groups excluding carboxylic acids is 3. The van der Waals surface area contributed by atoms with Gasteiger partial charge in [0.1, 0.15) is 0 Å². The van der Waals surface area contributed by atoms with Crippen LogP contribution < -0.4 is 0 Å². The van der Waals surface area contributed by atoms with Gasteiger partial charge >= 0.3 is 36.4 Å². The van der Waals surface area contributed by atoms with Crippen LogP contribution in [0.25, 0.3) is 0 Å². The van der Waals surface area contributed by atoms with Gasteiger partial charge in [-0.25, -0.2) is 14.4 Å². The summed E-state index contributed by atoms with van der Waals surface area (Å²) in [5.74, 6) is 17.4. The molecule has 0 amide bonds. The molecule has 0 unspecified atom stereocenters. The monoisotopic (exact) mass is 1150 g/mol. The van der Waals surface area contributed by atoms with E-state index in [1.807, 2.05) is 12.2 Å². The minimum Gasteiger partial charge on any atom is -0.450 e. The van der Waals surface area contributed by atoms with Crippen LogP contribution in [-0.4, -0.2) is 76.6 Å².